The maximum atomic E-state index is 13.0. The van der Waals surface area contributed by atoms with Crippen molar-refractivity contribution in [3.63, 3.8) is 0 Å². The van der Waals surface area contributed by atoms with E-state index in [1.807, 2.05) is 27.9 Å². The molecule has 0 unspecified atom stereocenters. The van der Waals surface area contributed by atoms with Crippen LogP contribution in [0.4, 0.5) is 0 Å². The molecular weight excluding hydrogens is 356 g/mol. The molecule has 0 radical (unpaired) electrons. The smallest absolute Gasteiger partial charge is 0.240 e. The minimum Gasteiger partial charge on any atom is -0.496 e. The third kappa shape index (κ3) is 4.20. The van der Waals surface area contributed by atoms with E-state index < -0.39 is 0 Å². The van der Waals surface area contributed by atoms with E-state index in [-0.39, 0.29) is 11.9 Å². The number of nitrogens with zero attached hydrogens (tertiary/aromatic N) is 4. The summed E-state index contributed by atoms with van der Waals surface area (Å²) < 4.78 is 12.8. The second-order valence-corrected chi connectivity index (χ2v) is 7.42. The number of morpholine rings is 1. The lowest BCUT2D eigenvalue weighted by Gasteiger charge is -2.32. The van der Waals surface area contributed by atoms with Gasteiger partial charge in [0, 0.05) is 37.6 Å². The molecule has 0 aliphatic carbocycles. The maximum Gasteiger partial charge on any atom is 0.240 e. The SMILES string of the molecule is COc1ccc(CN2CCC[C@H]2C(=O)N2CCOCC2)cc1Cn1cccn1. The highest BCUT2D eigenvalue weighted by Gasteiger charge is 2.34. The predicted octanol–water partition coefficient (Wildman–Crippen LogP) is 1.76. The van der Waals surface area contributed by atoms with Crippen LogP contribution in [0, 0.1) is 0 Å². The number of hydrogen-bond acceptors (Lipinski definition) is 5. The zero-order valence-corrected chi connectivity index (χ0v) is 16.4. The van der Waals surface area contributed by atoms with Gasteiger partial charge >= 0.3 is 0 Å². The second-order valence-electron chi connectivity index (χ2n) is 7.42. The summed E-state index contributed by atoms with van der Waals surface area (Å²) in [5.41, 5.74) is 2.29. The number of likely N-dealkylation sites (tertiary alicyclic amines) is 1. The van der Waals surface area contributed by atoms with Crippen molar-refractivity contribution in [1.29, 1.82) is 0 Å². The van der Waals surface area contributed by atoms with Gasteiger partial charge in [-0.3, -0.25) is 14.4 Å². The summed E-state index contributed by atoms with van der Waals surface area (Å²) in [6, 6.07) is 8.19. The van der Waals surface area contributed by atoms with Crippen molar-refractivity contribution in [2.24, 2.45) is 0 Å². The largest absolute Gasteiger partial charge is 0.496 e. The van der Waals surface area contributed by atoms with Crippen LogP contribution in [0.25, 0.3) is 0 Å². The van der Waals surface area contributed by atoms with Crippen molar-refractivity contribution in [3.05, 3.63) is 47.8 Å². The number of benzene rings is 1. The van der Waals surface area contributed by atoms with Gasteiger partial charge < -0.3 is 14.4 Å². The fraction of sp³-hybridized carbons (Fsp3) is 0.524. The van der Waals surface area contributed by atoms with Gasteiger partial charge in [0.15, 0.2) is 0 Å². The molecule has 1 amide bonds. The molecule has 28 heavy (non-hydrogen) atoms. The molecule has 7 nitrogen and oxygen atoms in total. The molecule has 0 spiro atoms. The van der Waals surface area contributed by atoms with Crippen LogP contribution in [-0.4, -0.2) is 71.5 Å². The van der Waals surface area contributed by atoms with Gasteiger partial charge in [-0.1, -0.05) is 6.07 Å². The summed E-state index contributed by atoms with van der Waals surface area (Å²) in [6.07, 6.45) is 5.73. The summed E-state index contributed by atoms with van der Waals surface area (Å²) in [5.74, 6) is 1.12. The number of aromatic nitrogens is 2. The Hall–Kier alpha value is -2.38. The number of methoxy groups -OCH3 is 1. The van der Waals surface area contributed by atoms with E-state index in [0.717, 1.165) is 37.2 Å². The Morgan fingerprint density at radius 1 is 1.25 bits per heavy atom. The number of rotatable bonds is 6. The van der Waals surface area contributed by atoms with Crippen molar-refractivity contribution in [2.75, 3.05) is 40.0 Å². The summed E-state index contributed by atoms with van der Waals surface area (Å²) >= 11 is 0. The van der Waals surface area contributed by atoms with Gasteiger partial charge in [-0.2, -0.15) is 5.10 Å². The summed E-state index contributed by atoms with van der Waals surface area (Å²) in [6.45, 7) is 5.11. The summed E-state index contributed by atoms with van der Waals surface area (Å²) in [5, 5.41) is 4.30. The molecule has 2 aromatic rings. The molecule has 2 saturated heterocycles. The molecule has 0 saturated carbocycles. The van der Waals surface area contributed by atoms with Crippen molar-refractivity contribution in [1.82, 2.24) is 19.6 Å². The third-order valence-corrected chi connectivity index (χ3v) is 5.59. The normalized spacial score (nSPS) is 20.5. The van der Waals surface area contributed by atoms with Crippen LogP contribution in [0.15, 0.2) is 36.7 Å². The molecule has 3 heterocycles. The van der Waals surface area contributed by atoms with Crippen molar-refractivity contribution < 1.29 is 14.3 Å². The Morgan fingerprint density at radius 3 is 2.86 bits per heavy atom. The number of amides is 1. The molecule has 150 valence electrons. The highest BCUT2D eigenvalue weighted by Crippen LogP contribution is 2.26. The van der Waals surface area contributed by atoms with Gasteiger partial charge in [0.1, 0.15) is 5.75 Å². The Balaban J connectivity index is 1.47. The molecule has 0 bridgehead atoms. The number of ether oxygens (including phenoxy) is 2. The Bertz CT molecular complexity index is 787. The molecule has 2 aliphatic heterocycles. The first-order chi connectivity index (χ1) is 13.7. The molecular formula is C21H28N4O3. The van der Waals surface area contributed by atoms with Crippen LogP contribution in [-0.2, 0) is 22.6 Å². The minimum atomic E-state index is -0.0187. The van der Waals surface area contributed by atoms with E-state index in [1.54, 1.807) is 13.3 Å². The van der Waals surface area contributed by atoms with Gasteiger partial charge in [0.2, 0.25) is 5.91 Å². The fourth-order valence-electron chi connectivity index (χ4n) is 4.15. The van der Waals surface area contributed by atoms with E-state index in [0.29, 0.717) is 32.8 Å². The van der Waals surface area contributed by atoms with Gasteiger partial charge in [0.25, 0.3) is 0 Å². The van der Waals surface area contributed by atoms with Crippen LogP contribution in [0.2, 0.25) is 0 Å². The average Bonchev–Trinajstić information content (AvgIpc) is 3.40. The Kier molecular flexibility index (Phi) is 5.92. The van der Waals surface area contributed by atoms with E-state index in [1.165, 1.54) is 5.56 Å². The lowest BCUT2D eigenvalue weighted by atomic mass is 10.1. The predicted molar refractivity (Wildman–Crippen MR) is 105 cm³/mol. The highest BCUT2D eigenvalue weighted by atomic mass is 16.5. The molecule has 2 aliphatic rings. The maximum absolute atomic E-state index is 13.0. The number of carbonyl (C=O) groups is 1. The molecule has 4 rings (SSSR count). The molecule has 0 N–H and O–H groups in total. The second kappa shape index (κ2) is 8.75. The highest BCUT2D eigenvalue weighted by molar-refractivity contribution is 5.82. The first-order valence-corrected chi connectivity index (χ1v) is 9.98. The van der Waals surface area contributed by atoms with Crippen LogP contribution < -0.4 is 4.74 Å². The minimum absolute atomic E-state index is 0.0187. The third-order valence-electron chi connectivity index (χ3n) is 5.59. The fourth-order valence-corrected chi connectivity index (χ4v) is 4.15. The van der Waals surface area contributed by atoms with E-state index in [9.17, 15) is 4.79 Å². The van der Waals surface area contributed by atoms with E-state index in [2.05, 4.69) is 22.1 Å². The van der Waals surface area contributed by atoms with Crippen molar-refractivity contribution in [3.8, 4) is 5.75 Å². The topological polar surface area (TPSA) is 59.8 Å². The zero-order chi connectivity index (χ0) is 19.3. The Labute approximate surface area is 165 Å². The monoisotopic (exact) mass is 384 g/mol. The van der Waals surface area contributed by atoms with Crippen LogP contribution in [0.5, 0.6) is 5.75 Å². The van der Waals surface area contributed by atoms with Crippen LogP contribution >= 0.6 is 0 Å². The van der Waals surface area contributed by atoms with Crippen molar-refractivity contribution >= 4 is 5.91 Å². The van der Waals surface area contributed by atoms with E-state index >= 15 is 0 Å². The van der Waals surface area contributed by atoms with Gasteiger partial charge in [0.05, 0.1) is 32.9 Å². The van der Waals surface area contributed by atoms with Gasteiger partial charge in [-0.05, 0) is 43.1 Å². The number of carbonyl (C=O) groups excluding carboxylic acids is 1. The first-order valence-electron chi connectivity index (χ1n) is 9.98. The average molecular weight is 384 g/mol. The van der Waals surface area contributed by atoms with E-state index in [4.69, 9.17) is 9.47 Å². The lowest BCUT2D eigenvalue weighted by molar-refractivity contribution is -0.140. The molecule has 2 fully saturated rings. The standard InChI is InChI=1S/C21H28N4O3/c1-27-20-6-5-17(14-18(20)16-25-9-3-7-22-25)15-24-8-2-4-19(24)21(26)23-10-12-28-13-11-23/h3,5-7,9,14,19H,2,4,8,10-13,15-16H2,1H3/t19-/m0/s1. The molecule has 1 aromatic carbocycles. The molecule has 1 aromatic heterocycles. The van der Waals surface area contributed by atoms with Crippen molar-refractivity contribution in [2.45, 2.75) is 32.0 Å². The van der Waals surface area contributed by atoms with Crippen LogP contribution in [0.3, 0.4) is 0 Å². The molecule has 1 atom stereocenters. The van der Waals surface area contributed by atoms with Gasteiger partial charge in [-0.25, -0.2) is 0 Å². The first kappa shape index (κ1) is 19.0. The number of hydrogen-bond donors (Lipinski definition) is 0. The lowest BCUT2D eigenvalue weighted by Crippen LogP contribution is -2.49. The summed E-state index contributed by atoms with van der Waals surface area (Å²) in [7, 11) is 1.69. The Morgan fingerprint density at radius 2 is 2.11 bits per heavy atom. The van der Waals surface area contributed by atoms with Crippen LogP contribution in [0.1, 0.15) is 24.0 Å². The zero-order valence-electron chi connectivity index (χ0n) is 16.4. The van der Waals surface area contributed by atoms with Gasteiger partial charge in [-0.15, -0.1) is 0 Å². The summed E-state index contributed by atoms with van der Waals surface area (Å²) in [4.78, 5) is 17.3. The quantitative estimate of drug-likeness (QED) is 0.760. The molecule has 7 heteroatoms.